The monoisotopic (exact) mass is 336 g/mol. The lowest BCUT2D eigenvalue weighted by Gasteiger charge is -2.33. The van der Waals surface area contributed by atoms with Gasteiger partial charge >= 0.3 is 0 Å². The molecule has 1 aromatic heterocycles. The van der Waals surface area contributed by atoms with E-state index in [4.69, 9.17) is 10.5 Å². The first-order valence-electron chi connectivity index (χ1n) is 8.23. The van der Waals surface area contributed by atoms with E-state index in [1.165, 1.54) is 10.4 Å². The molecule has 4 rings (SSSR count). The van der Waals surface area contributed by atoms with Crippen molar-refractivity contribution in [1.29, 1.82) is 0 Å². The topological polar surface area (TPSA) is 48.1 Å². The van der Waals surface area contributed by atoms with Gasteiger partial charge in [-0.05, 0) is 24.0 Å². The van der Waals surface area contributed by atoms with E-state index in [1.54, 1.807) is 11.3 Å². The average molecular weight is 336 g/mol. The molecule has 0 bridgehead atoms. The summed E-state index contributed by atoms with van der Waals surface area (Å²) in [6, 6.07) is 20.6. The van der Waals surface area contributed by atoms with Crippen molar-refractivity contribution in [2.24, 2.45) is 5.73 Å². The Hall–Kier alpha value is -2.17. The van der Waals surface area contributed by atoms with Crippen molar-refractivity contribution in [2.45, 2.75) is 31.4 Å². The van der Waals surface area contributed by atoms with Crippen LogP contribution in [0.15, 0.2) is 60.7 Å². The molecule has 4 heteroatoms. The van der Waals surface area contributed by atoms with E-state index in [0.717, 1.165) is 35.7 Å². The minimum atomic E-state index is -0.294. The molecule has 0 saturated carbocycles. The number of nitrogens with two attached hydrogens (primary N) is 1. The quantitative estimate of drug-likeness (QED) is 0.781. The highest BCUT2D eigenvalue weighted by Gasteiger charge is 2.34. The van der Waals surface area contributed by atoms with Crippen molar-refractivity contribution in [1.82, 2.24) is 4.98 Å². The van der Waals surface area contributed by atoms with Crippen molar-refractivity contribution >= 4 is 11.3 Å². The molecule has 0 radical (unpaired) electrons. The van der Waals surface area contributed by atoms with Gasteiger partial charge in [0.15, 0.2) is 0 Å². The Morgan fingerprint density at radius 3 is 2.50 bits per heavy atom. The third-order valence-electron chi connectivity index (χ3n) is 4.60. The first kappa shape index (κ1) is 15.4. The van der Waals surface area contributed by atoms with Crippen LogP contribution in [0.5, 0.6) is 5.19 Å². The van der Waals surface area contributed by atoms with E-state index in [-0.39, 0.29) is 5.54 Å². The van der Waals surface area contributed by atoms with Crippen molar-refractivity contribution in [3.8, 4) is 5.19 Å². The molecule has 1 atom stereocenters. The van der Waals surface area contributed by atoms with E-state index in [2.05, 4.69) is 41.4 Å². The number of hydrogen-bond acceptors (Lipinski definition) is 4. The van der Waals surface area contributed by atoms with E-state index in [9.17, 15) is 0 Å². The van der Waals surface area contributed by atoms with Gasteiger partial charge in [-0.2, -0.15) is 0 Å². The average Bonchev–Trinajstić information content (AvgIpc) is 3.03. The standard InChI is InChI=1S/C20H20N2OS/c21-20(16-9-5-2-6-10-16)12-11-17-18(13-20)24-19(22-17)23-14-15-7-3-1-4-8-15/h1-10H,11-14,21H2. The second-order valence-electron chi connectivity index (χ2n) is 6.32. The van der Waals surface area contributed by atoms with Crippen LogP contribution in [0, 0.1) is 0 Å². The fraction of sp³-hybridized carbons (Fsp3) is 0.250. The predicted octanol–water partition coefficient (Wildman–Crippen LogP) is 4.07. The second-order valence-corrected chi connectivity index (χ2v) is 7.37. The van der Waals surface area contributed by atoms with Gasteiger partial charge in [-0.25, -0.2) is 4.98 Å². The number of benzene rings is 2. The molecule has 1 heterocycles. The van der Waals surface area contributed by atoms with E-state index in [1.807, 2.05) is 24.3 Å². The highest BCUT2D eigenvalue weighted by Crippen LogP contribution is 2.39. The molecule has 1 unspecified atom stereocenters. The van der Waals surface area contributed by atoms with Crippen LogP contribution in [-0.4, -0.2) is 4.98 Å². The maximum absolute atomic E-state index is 6.71. The van der Waals surface area contributed by atoms with Crippen LogP contribution in [0.4, 0.5) is 0 Å². The van der Waals surface area contributed by atoms with Gasteiger partial charge in [0.25, 0.3) is 5.19 Å². The summed E-state index contributed by atoms with van der Waals surface area (Å²) in [7, 11) is 0. The number of aromatic nitrogens is 1. The maximum Gasteiger partial charge on any atom is 0.273 e. The lowest BCUT2D eigenvalue weighted by Crippen LogP contribution is -2.41. The fourth-order valence-corrected chi connectivity index (χ4v) is 4.29. The molecule has 1 aliphatic carbocycles. The molecule has 0 fully saturated rings. The summed E-state index contributed by atoms with van der Waals surface area (Å²) < 4.78 is 5.89. The molecule has 0 spiro atoms. The summed E-state index contributed by atoms with van der Waals surface area (Å²) in [5, 5.41) is 0.751. The van der Waals surface area contributed by atoms with Crippen LogP contribution in [-0.2, 0) is 25.0 Å². The summed E-state index contributed by atoms with van der Waals surface area (Å²) in [4.78, 5) is 5.93. The van der Waals surface area contributed by atoms with E-state index < -0.39 is 0 Å². The van der Waals surface area contributed by atoms with Crippen LogP contribution < -0.4 is 10.5 Å². The Morgan fingerprint density at radius 1 is 1.04 bits per heavy atom. The van der Waals surface area contributed by atoms with Gasteiger partial charge in [0.1, 0.15) is 6.61 Å². The highest BCUT2D eigenvalue weighted by atomic mass is 32.1. The Labute approximate surface area is 146 Å². The molecular weight excluding hydrogens is 316 g/mol. The SMILES string of the molecule is NC1(c2ccccc2)CCc2nc(OCc3ccccc3)sc2C1. The Balaban J connectivity index is 1.50. The number of hydrogen-bond donors (Lipinski definition) is 1. The number of ether oxygens (including phenoxy) is 1. The summed E-state index contributed by atoms with van der Waals surface area (Å²) >= 11 is 1.64. The largest absolute Gasteiger partial charge is 0.465 e. The molecule has 0 aliphatic heterocycles. The molecule has 1 aliphatic rings. The minimum Gasteiger partial charge on any atom is -0.465 e. The summed E-state index contributed by atoms with van der Waals surface area (Å²) in [5.74, 6) is 0. The zero-order chi connectivity index (χ0) is 16.4. The van der Waals surface area contributed by atoms with Crippen molar-refractivity contribution in [3.63, 3.8) is 0 Å². The first-order chi connectivity index (χ1) is 11.7. The lowest BCUT2D eigenvalue weighted by atomic mass is 9.79. The molecular formula is C20H20N2OS. The third-order valence-corrected chi connectivity index (χ3v) is 5.61. The number of rotatable bonds is 4. The van der Waals surface area contributed by atoms with Crippen molar-refractivity contribution < 1.29 is 4.74 Å². The number of fused-ring (bicyclic) bond motifs is 1. The minimum absolute atomic E-state index is 0.294. The van der Waals surface area contributed by atoms with Gasteiger partial charge in [0.2, 0.25) is 0 Å². The molecule has 3 nitrogen and oxygen atoms in total. The van der Waals surface area contributed by atoms with Crippen LogP contribution >= 0.6 is 11.3 Å². The summed E-state index contributed by atoms with van der Waals surface area (Å²) in [6.45, 7) is 0.555. The van der Waals surface area contributed by atoms with E-state index >= 15 is 0 Å². The highest BCUT2D eigenvalue weighted by molar-refractivity contribution is 7.13. The predicted molar refractivity (Wildman–Crippen MR) is 97.2 cm³/mol. The van der Waals surface area contributed by atoms with Crippen LogP contribution in [0.1, 0.15) is 28.1 Å². The van der Waals surface area contributed by atoms with Crippen molar-refractivity contribution in [2.75, 3.05) is 0 Å². The van der Waals surface area contributed by atoms with Gasteiger partial charge in [-0.1, -0.05) is 72.0 Å². The molecule has 0 amide bonds. The second kappa shape index (κ2) is 6.38. The van der Waals surface area contributed by atoms with E-state index in [0.29, 0.717) is 6.61 Å². The molecule has 3 aromatic rings. The van der Waals surface area contributed by atoms with Gasteiger partial charge in [0, 0.05) is 16.8 Å². The number of nitrogens with zero attached hydrogens (tertiary/aromatic N) is 1. The lowest BCUT2D eigenvalue weighted by molar-refractivity contribution is 0.303. The fourth-order valence-electron chi connectivity index (χ4n) is 3.21. The summed E-state index contributed by atoms with van der Waals surface area (Å²) in [5.41, 5.74) is 9.93. The molecule has 2 aromatic carbocycles. The molecule has 24 heavy (non-hydrogen) atoms. The first-order valence-corrected chi connectivity index (χ1v) is 9.04. The van der Waals surface area contributed by atoms with Crippen LogP contribution in [0.3, 0.4) is 0 Å². The van der Waals surface area contributed by atoms with Gasteiger partial charge in [-0.15, -0.1) is 0 Å². The normalized spacial score (nSPS) is 19.7. The van der Waals surface area contributed by atoms with Gasteiger partial charge < -0.3 is 10.5 Å². The molecule has 122 valence electrons. The molecule has 0 saturated heterocycles. The Kier molecular flexibility index (Phi) is 4.08. The number of aryl methyl sites for hydroxylation is 1. The zero-order valence-corrected chi connectivity index (χ0v) is 14.3. The van der Waals surface area contributed by atoms with Crippen molar-refractivity contribution in [3.05, 3.63) is 82.4 Å². The smallest absolute Gasteiger partial charge is 0.273 e. The molecule has 2 N–H and O–H groups in total. The number of thiazole rings is 1. The van der Waals surface area contributed by atoms with Gasteiger partial charge in [0.05, 0.1) is 5.69 Å². The van der Waals surface area contributed by atoms with Gasteiger partial charge in [-0.3, -0.25) is 0 Å². The summed E-state index contributed by atoms with van der Waals surface area (Å²) in [6.07, 6.45) is 2.66. The maximum atomic E-state index is 6.71. The third kappa shape index (κ3) is 3.07. The van der Waals surface area contributed by atoms with Crippen LogP contribution in [0.25, 0.3) is 0 Å². The van der Waals surface area contributed by atoms with Crippen LogP contribution in [0.2, 0.25) is 0 Å². The Bertz CT molecular complexity index is 816. The zero-order valence-electron chi connectivity index (χ0n) is 13.4. The Morgan fingerprint density at radius 2 is 1.75 bits per heavy atom.